The van der Waals surface area contributed by atoms with E-state index in [-0.39, 0.29) is 5.91 Å². The molecule has 0 aliphatic carbocycles. The molecule has 2 saturated heterocycles. The molecule has 4 rings (SSSR count). The molecule has 8 nitrogen and oxygen atoms in total. The summed E-state index contributed by atoms with van der Waals surface area (Å²) in [5.74, 6) is 0.0897. The van der Waals surface area contributed by atoms with Crippen LogP contribution in [-0.2, 0) is 11.3 Å². The van der Waals surface area contributed by atoms with Gasteiger partial charge in [0.15, 0.2) is 0 Å². The number of carbonyl (C=O) groups is 1. The minimum Gasteiger partial charge on any atom is -0.378 e. The zero-order chi connectivity index (χ0) is 17.2. The number of morpholine rings is 1. The fourth-order valence-corrected chi connectivity index (χ4v) is 3.63. The van der Waals surface area contributed by atoms with Gasteiger partial charge in [0.1, 0.15) is 6.33 Å². The molecule has 8 heteroatoms. The maximum absolute atomic E-state index is 12.8. The highest BCUT2D eigenvalue weighted by Crippen LogP contribution is 2.20. The number of piperazine rings is 1. The summed E-state index contributed by atoms with van der Waals surface area (Å²) in [6, 6.07) is 8.42. The number of nitrogens with zero attached hydrogens (tertiary/aromatic N) is 6. The van der Waals surface area contributed by atoms with Crippen LogP contribution in [0.5, 0.6) is 0 Å². The van der Waals surface area contributed by atoms with E-state index in [1.807, 2.05) is 29.2 Å². The average molecular weight is 342 g/mol. The summed E-state index contributed by atoms with van der Waals surface area (Å²) in [5, 5.41) is 11.1. The molecule has 0 radical (unpaired) electrons. The number of aromatic nitrogens is 4. The van der Waals surface area contributed by atoms with Gasteiger partial charge in [-0.25, -0.2) is 4.68 Å². The van der Waals surface area contributed by atoms with E-state index in [9.17, 15) is 4.79 Å². The summed E-state index contributed by atoms with van der Waals surface area (Å²) in [4.78, 5) is 17.2. The van der Waals surface area contributed by atoms with Gasteiger partial charge in [-0.05, 0) is 35.0 Å². The number of amides is 1. The minimum absolute atomic E-state index is 0.0897. The standard InChI is InChI=1S/C17H22N6O2/c1-13-10-25-11-16-9-21(6-7-23(13)16)17(24)15-4-2-14(3-5-15)8-22-12-18-19-20-22/h2-5,12-13,16H,6-11H2,1H3/t13-,16+/m0/s1. The highest BCUT2D eigenvalue weighted by molar-refractivity contribution is 5.94. The van der Waals surface area contributed by atoms with Crippen LogP contribution in [0.4, 0.5) is 0 Å². The molecule has 0 spiro atoms. The van der Waals surface area contributed by atoms with Crippen LogP contribution in [0, 0.1) is 0 Å². The predicted molar refractivity (Wildman–Crippen MR) is 90.0 cm³/mol. The number of ether oxygens (including phenoxy) is 1. The van der Waals surface area contributed by atoms with Gasteiger partial charge in [-0.15, -0.1) is 5.10 Å². The van der Waals surface area contributed by atoms with Gasteiger partial charge in [0.2, 0.25) is 0 Å². The molecule has 0 saturated carbocycles. The Morgan fingerprint density at radius 3 is 2.84 bits per heavy atom. The van der Waals surface area contributed by atoms with Gasteiger partial charge in [-0.1, -0.05) is 12.1 Å². The van der Waals surface area contributed by atoms with Gasteiger partial charge in [0, 0.05) is 31.2 Å². The quantitative estimate of drug-likeness (QED) is 0.797. The van der Waals surface area contributed by atoms with Crippen LogP contribution in [0.25, 0.3) is 0 Å². The van der Waals surface area contributed by atoms with Gasteiger partial charge in [-0.3, -0.25) is 9.69 Å². The molecule has 0 unspecified atom stereocenters. The molecule has 2 aliphatic rings. The van der Waals surface area contributed by atoms with Crippen molar-refractivity contribution in [1.29, 1.82) is 0 Å². The lowest BCUT2D eigenvalue weighted by molar-refractivity contribution is -0.0700. The van der Waals surface area contributed by atoms with E-state index < -0.39 is 0 Å². The Labute approximate surface area is 146 Å². The van der Waals surface area contributed by atoms with Crippen LogP contribution in [0.1, 0.15) is 22.8 Å². The van der Waals surface area contributed by atoms with Gasteiger partial charge in [0.25, 0.3) is 5.91 Å². The van der Waals surface area contributed by atoms with E-state index in [1.54, 1.807) is 11.0 Å². The van der Waals surface area contributed by atoms with Gasteiger partial charge >= 0.3 is 0 Å². The lowest BCUT2D eigenvalue weighted by atomic mass is 10.1. The second-order valence-corrected chi connectivity index (χ2v) is 6.73. The van der Waals surface area contributed by atoms with Gasteiger partial charge in [0.05, 0.1) is 25.8 Å². The number of benzene rings is 1. The molecule has 1 amide bonds. The van der Waals surface area contributed by atoms with Crippen molar-refractivity contribution in [3.63, 3.8) is 0 Å². The Hall–Kier alpha value is -2.32. The predicted octanol–water partition coefficient (Wildman–Crippen LogP) is 0.266. The SMILES string of the molecule is C[C@H]1COC[C@H]2CN(C(=O)c3ccc(Cn4cnnn4)cc3)CCN21. The van der Waals surface area contributed by atoms with Crippen LogP contribution in [-0.4, -0.2) is 80.8 Å². The van der Waals surface area contributed by atoms with Crippen molar-refractivity contribution in [3.8, 4) is 0 Å². The minimum atomic E-state index is 0.0897. The van der Waals surface area contributed by atoms with Gasteiger partial charge < -0.3 is 9.64 Å². The van der Waals surface area contributed by atoms with Crippen molar-refractivity contribution in [2.45, 2.75) is 25.6 Å². The van der Waals surface area contributed by atoms with E-state index in [1.165, 1.54) is 0 Å². The van der Waals surface area contributed by atoms with Crippen LogP contribution < -0.4 is 0 Å². The lowest BCUT2D eigenvalue weighted by Gasteiger charge is -2.47. The summed E-state index contributed by atoms with van der Waals surface area (Å²) in [7, 11) is 0. The summed E-state index contributed by atoms with van der Waals surface area (Å²) in [5.41, 5.74) is 1.78. The maximum Gasteiger partial charge on any atom is 0.253 e. The average Bonchev–Trinajstić information content (AvgIpc) is 3.15. The highest BCUT2D eigenvalue weighted by Gasteiger charge is 2.35. The fraction of sp³-hybridized carbons (Fsp3) is 0.529. The van der Waals surface area contributed by atoms with Crippen LogP contribution in [0.15, 0.2) is 30.6 Å². The number of tetrazole rings is 1. The number of fused-ring (bicyclic) bond motifs is 1. The second kappa shape index (κ2) is 6.89. The van der Waals surface area contributed by atoms with Crippen LogP contribution in [0.2, 0.25) is 0 Å². The highest BCUT2D eigenvalue weighted by atomic mass is 16.5. The number of hydrogen-bond acceptors (Lipinski definition) is 6. The normalized spacial score (nSPS) is 24.1. The molecule has 25 heavy (non-hydrogen) atoms. The largest absolute Gasteiger partial charge is 0.378 e. The number of hydrogen-bond donors (Lipinski definition) is 0. The summed E-state index contributed by atoms with van der Waals surface area (Å²) in [6.07, 6.45) is 1.58. The summed E-state index contributed by atoms with van der Waals surface area (Å²) >= 11 is 0. The van der Waals surface area contributed by atoms with Crippen molar-refractivity contribution in [2.24, 2.45) is 0 Å². The third-order valence-corrected chi connectivity index (χ3v) is 4.99. The van der Waals surface area contributed by atoms with Gasteiger partial charge in [-0.2, -0.15) is 0 Å². The lowest BCUT2D eigenvalue weighted by Crippen LogP contribution is -2.62. The van der Waals surface area contributed by atoms with Crippen molar-refractivity contribution in [1.82, 2.24) is 30.0 Å². The smallest absolute Gasteiger partial charge is 0.253 e. The Kier molecular flexibility index (Phi) is 4.46. The molecule has 1 aromatic carbocycles. The Morgan fingerprint density at radius 1 is 1.24 bits per heavy atom. The van der Waals surface area contributed by atoms with Crippen LogP contribution >= 0.6 is 0 Å². The molecule has 132 valence electrons. The van der Waals surface area contributed by atoms with E-state index in [2.05, 4.69) is 27.3 Å². The molecular weight excluding hydrogens is 320 g/mol. The summed E-state index contributed by atoms with van der Waals surface area (Å²) in [6.45, 7) is 6.69. The maximum atomic E-state index is 12.8. The van der Waals surface area contributed by atoms with Crippen LogP contribution in [0.3, 0.4) is 0 Å². The second-order valence-electron chi connectivity index (χ2n) is 6.73. The third-order valence-electron chi connectivity index (χ3n) is 4.99. The first-order chi connectivity index (χ1) is 12.2. The Balaban J connectivity index is 1.40. The Bertz CT molecular complexity index is 717. The molecule has 3 heterocycles. The van der Waals surface area contributed by atoms with E-state index >= 15 is 0 Å². The molecular formula is C17H22N6O2. The van der Waals surface area contributed by atoms with Crippen molar-refractivity contribution in [3.05, 3.63) is 41.7 Å². The first-order valence-electron chi connectivity index (χ1n) is 8.63. The van der Waals surface area contributed by atoms with E-state index in [0.29, 0.717) is 25.2 Å². The molecule has 0 N–H and O–H groups in total. The molecule has 0 bridgehead atoms. The van der Waals surface area contributed by atoms with Crippen molar-refractivity contribution >= 4 is 5.91 Å². The first kappa shape index (κ1) is 16.2. The molecule has 2 fully saturated rings. The number of carbonyl (C=O) groups excluding carboxylic acids is 1. The summed E-state index contributed by atoms with van der Waals surface area (Å²) < 4.78 is 7.31. The third kappa shape index (κ3) is 3.40. The molecule has 2 atom stereocenters. The van der Waals surface area contributed by atoms with E-state index in [4.69, 9.17) is 4.74 Å². The molecule has 2 aromatic rings. The van der Waals surface area contributed by atoms with Crippen molar-refractivity contribution < 1.29 is 9.53 Å². The molecule has 1 aromatic heterocycles. The zero-order valence-electron chi connectivity index (χ0n) is 14.3. The topological polar surface area (TPSA) is 76.4 Å². The van der Waals surface area contributed by atoms with E-state index in [0.717, 1.165) is 37.4 Å². The molecule has 2 aliphatic heterocycles. The fourth-order valence-electron chi connectivity index (χ4n) is 3.63. The first-order valence-corrected chi connectivity index (χ1v) is 8.63. The number of rotatable bonds is 3. The monoisotopic (exact) mass is 342 g/mol. The van der Waals surface area contributed by atoms with Crippen molar-refractivity contribution in [2.75, 3.05) is 32.8 Å². The Morgan fingerprint density at radius 2 is 2.08 bits per heavy atom. The zero-order valence-corrected chi connectivity index (χ0v) is 14.3.